The fourth-order valence-electron chi connectivity index (χ4n) is 1.89. The van der Waals surface area contributed by atoms with Crippen LogP contribution in [-0.4, -0.2) is 31.5 Å². The lowest BCUT2D eigenvalue weighted by Gasteiger charge is -2.16. The van der Waals surface area contributed by atoms with Crippen LogP contribution < -0.4 is 16.8 Å². The lowest BCUT2D eigenvalue weighted by Crippen LogP contribution is -2.43. The Labute approximate surface area is 86.4 Å². The van der Waals surface area contributed by atoms with Gasteiger partial charge in [0, 0.05) is 19.1 Å². The predicted molar refractivity (Wildman–Crippen MR) is 57.8 cm³/mol. The van der Waals surface area contributed by atoms with Crippen molar-refractivity contribution in [3.05, 3.63) is 0 Å². The van der Waals surface area contributed by atoms with Gasteiger partial charge >= 0.3 is 0 Å². The maximum absolute atomic E-state index is 5.81. The largest absolute Gasteiger partial charge is 0.360 e. The summed E-state index contributed by atoms with van der Waals surface area (Å²) in [7, 11) is 0. The van der Waals surface area contributed by atoms with Gasteiger partial charge in [-0.3, -0.25) is 5.32 Å². The molecule has 1 fully saturated rings. The lowest BCUT2D eigenvalue weighted by atomic mass is 10.0. The van der Waals surface area contributed by atoms with Crippen molar-refractivity contribution in [3.63, 3.8) is 0 Å². The summed E-state index contributed by atoms with van der Waals surface area (Å²) in [5.41, 5.74) is 11.1. The molecule has 5 N–H and O–H groups in total. The van der Waals surface area contributed by atoms with Crippen molar-refractivity contribution >= 4 is 0 Å². The van der Waals surface area contributed by atoms with Gasteiger partial charge in [-0.05, 0) is 18.8 Å². The van der Waals surface area contributed by atoms with Crippen LogP contribution in [0.15, 0.2) is 0 Å². The van der Waals surface area contributed by atoms with Gasteiger partial charge in [-0.1, -0.05) is 13.8 Å². The third kappa shape index (κ3) is 3.20. The molecule has 1 saturated heterocycles. The minimum Gasteiger partial charge on any atom is -0.360 e. The topological polar surface area (TPSA) is 73.3 Å². The van der Waals surface area contributed by atoms with Crippen LogP contribution in [0.3, 0.4) is 0 Å². The molecule has 4 atom stereocenters. The summed E-state index contributed by atoms with van der Waals surface area (Å²) in [6.45, 7) is 5.66. The molecule has 0 aliphatic carbocycles. The van der Waals surface area contributed by atoms with E-state index in [1.54, 1.807) is 0 Å². The molecule has 0 radical (unpaired) electrons. The van der Waals surface area contributed by atoms with Gasteiger partial charge in [0.05, 0.1) is 6.10 Å². The molecule has 1 aliphatic rings. The Morgan fingerprint density at radius 2 is 2.29 bits per heavy atom. The van der Waals surface area contributed by atoms with Crippen LogP contribution in [0, 0.1) is 5.92 Å². The van der Waals surface area contributed by atoms with Gasteiger partial charge in [-0.15, -0.1) is 0 Å². The van der Waals surface area contributed by atoms with E-state index in [0.29, 0.717) is 18.6 Å². The average Bonchev–Trinajstić information content (AvgIpc) is 2.55. The zero-order valence-corrected chi connectivity index (χ0v) is 9.20. The Bertz CT molecular complexity index is 165. The van der Waals surface area contributed by atoms with Crippen molar-refractivity contribution in [1.29, 1.82) is 0 Å². The molecule has 1 aliphatic heterocycles. The summed E-state index contributed by atoms with van der Waals surface area (Å²) >= 11 is 0. The number of hydrogen-bond donors (Lipinski definition) is 3. The van der Waals surface area contributed by atoms with E-state index in [4.69, 9.17) is 16.2 Å². The summed E-state index contributed by atoms with van der Waals surface area (Å²) in [5, 5.41) is 3.30. The molecule has 0 aromatic heterocycles. The molecule has 4 heteroatoms. The third-order valence-corrected chi connectivity index (χ3v) is 2.87. The Balaban J connectivity index is 2.21. The maximum atomic E-state index is 5.81. The molecule has 0 aromatic carbocycles. The van der Waals surface area contributed by atoms with Crippen LogP contribution in [0.25, 0.3) is 0 Å². The zero-order valence-electron chi connectivity index (χ0n) is 9.20. The van der Waals surface area contributed by atoms with E-state index in [2.05, 4.69) is 19.2 Å². The number of rotatable bonds is 5. The van der Waals surface area contributed by atoms with Gasteiger partial charge in [-0.25, -0.2) is 0 Å². The van der Waals surface area contributed by atoms with Crippen LogP contribution in [0.1, 0.15) is 26.7 Å². The molecule has 1 unspecified atom stereocenters. The first-order valence-corrected chi connectivity index (χ1v) is 5.51. The van der Waals surface area contributed by atoms with E-state index in [1.807, 2.05) is 0 Å². The number of nitrogens with two attached hydrogens (primary N) is 2. The van der Waals surface area contributed by atoms with E-state index in [0.717, 1.165) is 19.4 Å². The first kappa shape index (κ1) is 11.9. The summed E-state index contributed by atoms with van der Waals surface area (Å²) in [6.07, 6.45) is 2.74. The second-order valence-electron chi connectivity index (χ2n) is 4.19. The van der Waals surface area contributed by atoms with Crippen molar-refractivity contribution in [2.75, 3.05) is 13.1 Å². The molecule has 0 saturated carbocycles. The minimum absolute atomic E-state index is 0.0367. The van der Waals surface area contributed by atoms with Crippen LogP contribution >= 0.6 is 0 Å². The predicted octanol–water partition coefficient (Wildman–Crippen LogP) is 0.0231. The third-order valence-electron chi connectivity index (χ3n) is 2.87. The summed E-state index contributed by atoms with van der Waals surface area (Å²) < 4.78 is 5.81. The van der Waals surface area contributed by atoms with Gasteiger partial charge in [0.15, 0.2) is 0 Å². The van der Waals surface area contributed by atoms with E-state index < -0.39 is 0 Å². The molecule has 0 spiro atoms. The fourth-order valence-corrected chi connectivity index (χ4v) is 1.89. The van der Waals surface area contributed by atoms with Crippen molar-refractivity contribution in [3.8, 4) is 0 Å². The number of nitrogens with one attached hydrogen (secondary N) is 1. The van der Waals surface area contributed by atoms with Crippen LogP contribution in [0.5, 0.6) is 0 Å². The smallest absolute Gasteiger partial charge is 0.108 e. The average molecular weight is 201 g/mol. The highest BCUT2D eigenvalue weighted by molar-refractivity contribution is 4.78. The monoisotopic (exact) mass is 201 g/mol. The van der Waals surface area contributed by atoms with Gasteiger partial charge in [0.25, 0.3) is 0 Å². The van der Waals surface area contributed by atoms with Gasteiger partial charge in [0.1, 0.15) is 6.23 Å². The van der Waals surface area contributed by atoms with Crippen LogP contribution in [-0.2, 0) is 4.74 Å². The van der Waals surface area contributed by atoms with Crippen molar-refractivity contribution < 1.29 is 4.74 Å². The molecule has 84 valence electrons. The summed E-state index contributed by atoms with van der Waals surface area (Å²) in [5.74, 6) is 0.645. The van der Waals surface area contributed by atoms with Gasteiger partial charge in [0.2, 0.25) is 0 Å². The number of ether oxygens (including phenoxy) is 1. The van der Waals surface area contributed by atoms with Gasteiger partial charge < -0.3 is 16.2 Å². The summed E-state index contributed by atoms with van der Waals surface area (Å²) in [6, 6.07) is 0.0367. The van der Waals surface area contributed by atoms with Crippen molar-refractivity contribution in [1.82, 2.24) is 5.32 Å². The Morgan fingerprint density at radius 1 is 1.57 bits per heavy atom. The Morgan fingerprint density at radius 3 is 2.79 bits per heavy atom. The zero-order chi connectivity index (χ0) is 10.6. The number of hydrogen-bond acceptors (Lipinski definition) is 4. The molecule has 0 amide bonds. The van der Waals surface area contributed by atoms with E-state index in [-0.39, 0.29) is 12.3 Å². The second kappa shape index (κ2) is 5.66. The second-order valence-corrected chi connectivity index (χ2v) is 4.19. The molecule has 0 aromatic rings. The van der Waals surface area contributed by atoms with Crippen LogP contribution in [0.4, 0.5) is 0 Å². The molecule has 1 rings (SSSR count). The van der Waals surface area contributed by atoms with Crippen molar-refractivity contribution in [2.45, 2.75) is 45.1 Å². The van der Waals surface area contributed by atoms with Crippen molar-refractivity contribution in [2.24, 2.45) is 17.4 Å². The molecule has 4 nitrogen and oxygen atoms in total. The minimum atomic E-state index is 0.0367. The fraction of sp³-hybridized carbons (Fsp3) is 1.00. The van der Waals surface area contributed by atoms with E-state index >= 15 is 0 Å². The summed E-state index contributed by atoms with van der Waals surface area (Å²) in [4.78, 5) is 0. The first-order valence-electron chi connectivity index (χ1n) is 5.51. The lowest BCUT2D eigenvalue weighted by molar-refractivity contribution is 0.0164. The van der Waals surface area contributed by atoms with Crippen LogP contribution in [0.2, 0.25) is 0 Å². The molecular weight excluding hydrogens is 178 g/mol. The standard InChI is InChI=1S/C10H23N3O/c1-3-9-7(2)4-10(14-9)13-6-8(12)5-11/h7-10,13H,3-6,11-12H2,1-2H3/t7?,8-,9+,10+/m0/s1. The Kier molecular flexibility index (Phi) is 4.81. The molecule has 1 heterocycles. The van der Waals surface area contributed by atoms with E-state index in [1.165, 1.54) is 0 Å². The van der Waals surface area contributed by atoms with E-state index in [9.17, 15) is 0 Å². The maximum Gasteiger partial charge on any atom is 0.108 e. The SMILES string of the molecule is CC[C@H]1O[C@@H](NC[C@@H](N)CN)CC1C. The highest BCUT2D eigenvalue weighted by Crippen LogP contribution is 2.26. The molecule has 0 bridgehead atoms. The van der Waals surface area contributed by atoms with Gasteiger partial charge in [-0.2, -0.15) is 0 Å². The quantitative estimate of drug-likeness (QED) is 0.586. The molecule has 14 heavy (non-hydrogen) atoms. The Hall–Kier alpha value is -0.160. The highest BCUT2D eigenvalue weighted by atomic mass is 16.5. The first-order chi connectivity index (χ1) is 6.67. The highest BCUT2D eigenvalue weighted by Gasteiger charge is 2.30. The normalized spacial score (nSPS) is 34.7. The molecular formula is C10H23N3O.